The van der Waals surface area contributed by atoms with E-state index in [9.17, 15) is 9.59 Å². The fourth-order valence-electron chi connectivity index (χ4n) is 3.75. The van der Waals surface area contributed by atoms with Crippen molar-refractivity contribution in [2.75, 3.05) is 53.5 Å². The van der Waals surface area contributed by atoms with Gasteiger partial charge >= 0.3 is 12.0 Å². The van der Waals surface area contributed by atoms with Crippen molar-refractivity contribution in [3.63, 3.8) is 0 Å². The second-order valence-electron chi connectivity index (χ2n) is 7.35. The van der Waals surface area contributed by atoms with Crippen molar-refractivity contribution in [3.8, 4) is 5.75 Å². The smallest absolute Gasteiger partial charge is 0.338 e. The molecule has 8 nitrogen and oxygen atoms in total. The topological polar surface area (TPSA) is 83.1 Å². The number of hydrogen-bond donors (Lipinski definition) is 2. The molecule has 2 N–H and O–H groups in total. The summed E-state index contributed by atoms with van der Waals surface area (Å²) in [5.41, 5.74) is 1.84. The van der Waals surface area contributed by atoms with E-state index in [1.54, 1.807) is 0 Å². The molecular formula is C21H30N4O4. The molecule has 0 saturated carbocycles. The van der Waals surface area contributed by atoms with E-state index in [-0.39, 0.29) is 6.03 Å². The first-order chi connectivity index (χ1) is 14.0. The molecule has 3 rings (SSSR count). The third-order valence-electron chi connectivity index (χ3n) is 5.28. The van der Waals surface area contributed by atoms with Crippen LogP contribution in [0.2, 0.25) is 0 Å². The standard InChI is InChI=1S/C21H30N4O4/c1-4-29-16-8-6-15(7-9-16)19-18(20(26)28-3)17(22-21(27)23-19)14-25-11-5-10-24(2)12-13-25/h6-9,19H,4-5,10-14H2,1-3H3,(H2,22,23,27)/t19-/m1/s1. The van der Waals surface area contributed by atoms with E-state index in [2.05, 4.69) is 27.5 Å². The fraction of sp³-hybridized carbons (Fsp3) is 0.524. The van der Waals surface area contributed by atoms with E-state index in [1.165, 1.54) is 7.11 Å². The second kappa shape index (κ2) is 9.76. The van der Waals surface area contributed by atoms with Crippen LogP contribution in [0.5, 0.6) is 5.75 Å². The highest BCUT2D eigenvalue weighted by Gasteiger charge is 2.34. The van der Waals surface area contributed by atoms with Crippen LogP contribution < -0.4 is 15.4 Å². The van der Waals surface area contributed by atoms with Crippen LogP contribution >= 0.6 is 0 Å². The number of methoxy groups -OCH3 is 1. The molecule has 2 aliphatic rings. The Morgan fingerprint density at radius 3 is 2.62 bits per heavy atom. The minimum atomic E-state index is -0.573. The molecule has 158 valence electrons. The Labute approximate surface area is 171 Å². The SMILES string of the molecule is CCOc1ccc([C@H]2NC(=O)NC(CN3CCCN(C)CC3)=C2C(=O)OC)cc1. The van der Waals surface area contributed by atoms with Crippen molar-refractivity contribution in [2.45, 2.75) is 19.4 Å². The molecule has 0 aromatic heterocycles. The molecule has 2 amide bonds. The van der Waals surface area contributed by atoms with Gasteiger partial charge in [-0.2, -0.15) is 0 Å². The summed E-state index contributed by atoms with van der Waals surface area (Å²) in [6.07, 6.45) is 1.05. The van der Waals surface area contributed by atoms with Crippen molar-refractivity contribution in [3.05, 3.63) is 41.1 Å². The van der Waals surface area contributed by atoms with Crippen LogP contribution in [0.4, 0.5) is 4.79 Å². The number of esters is 1. The van der Waals surface area contributed by atoms with E-state index >= 15 is 0 Å². The normalized spacial score (nSPS) is 21.2. The molecule has 1 fully saturated rings. The van der Waals surface area contributed by atoms with Gasteiger partial charge in [-0.1, -0.05) is 12.1 Å². The summed E-state index contributed by atoms with van der Waals surface area (Å²) in [5, 5.41) is 5.70. The number of nitrogens with one attached hydrogen (secondary N) is 2. The Morgan fingerprint density at radius 2 is 1.93 bits per heavy atom. The Morgan fingerprint density at radius 1 is 1.17 bits per heavy atom. The van der Waals surface area contributed by atoms with Crippen molar-refractivity contribution in [1.82, 2.24) is 20.4 Å². The molecule has 0 spiro atoms. The maximum atomic E-state index is 12.7. The summed E-state index contributed by atoms with van der Waals surface area (Å²) in [4.78, 5) is 29.6. The van der Waals surface area contributed by atoms with Crippen LogP contribution in [0.25, 0.3) is 0 Å². The molecule has 0 radical (unpaired) electrons. The van der Waals surface area contributed by atoms with Gasteiger partial charge in [0.25, 0.3) is 0 Å². The first kappa shape index (κ1) is 21.1. The minimum Gasteiger partial charge on any atom is -0.494 e. The molecular weight excluding hydrogens is 372 g/mol. The highest BCUT2D eigenvalue weighted by molar-refractivity contribution is 5.95. The lowest BCUT2D eigenvalue weighted by atomic mass is 9.95. The third-order valence-corrected chi connectivity index (χ3v) is 5.28. The second-order valence-corrected chi connectivity index (χ2v) is 7.35. The quantitative estimate of drug-likeness (QED) is 0.702. The van der Waals surface area contributed by atoms with Gasteiger partial charge in [-0.25, -0.2) is 9.59 Å². The Kier molecular flexibility index (Phi) is 7.11. The number of amides is 2. The molecule has 0 unspecified atom stereocenters. The lowest BCUT2D eigenvalue weighted by Crippen LogP contribution is -2.48. The molecule has 1 aromatic carbocycles. The number of likely N-dealkylation sites (N-methyl/N-ethyl adjacent to an activating group) is 1. The molecule has 1 aromatic rings. The first-order valence-corrected chi connectivity index (χ1v) is 10.0. The molecule has 1 saturated heterocycles. The molecule has 1 atom stereocenters. The summed E-state index contributed by atoms with van der Waals surface area (Å²) in [6, 6.07) is 6.51. The zero-order valence-electron chi connectivity index (χ0n) is 17.4. The number of carbonyl (C=O) groups is 2. The van der Waals surface area contributed by atoms with Gasteiger partial charge in [0.15, 0.2) is 0 Å². The molecule has 29 heavy (non-hydrogen) atoms. The van der Waals surface area contributed by atoms with Gasteiger partial charge in [-0.15, -0.1) is 0 Å². The number of urea groups is 1. The molecule has 2 aliphatic heterocycles. The lowest BCUT2D eigenvalue weighted by Gasteiger charge is -2.31. The van der Waals surface area contributed by atoms with Crippen molar-refractivity contribution >= 4 is 12.0 Å². The van der Waals surface area contributed by atoms with Gasteiger partial charge in [0.2, 0.25) is 0 Å². The zero-order chi connectivity index (χ0) is 20.8. The Balaban J connectivity index is 1.90. The van der Waals surface area contributed by atoms with Crippen LogP contribution in [0, 0.1) is 0 Å². The molecule has 8 heteroatoms. The summed E-state index contributed by atoms with van der Waals surface area (Å²) < 4.78 is 10.6. The van der Waals surface area contributed by atoms with Crippen LogP contribution in [0.15, 0.2) is 35.5 Å². The highest BCUT2D eigenvalue weighted by atomic mass is 16.5. The summed E-state index contributed by atoms with van der Waals surface area (Å²) in [5.74, 6) is 0.298. The van der Waals surface area contributed by atoms with Crippen LogP contribution in [0.1, 0.15) is 24.9 Å². The fourth-order valence-corrected chi connectivity index (χ4v) is 3.75. The average Bonchev–Trinajstić information content (AvgIpc) is 2.92. The number of rotatable bonds is 6. The molecule has 2 heterocycles. The van der Waals surface area contributed by atoms with Crippen LogP contribution in [-0.4, -0.2) is 75.3 Å². The van der Waals surface area contributed by atoms with Crippen molar-refractivity contribution in [2.24, 2.45) is 0 Å². The molecule has 0 bridgehead atoms. The predicted octanol–water partition coefficient (Wildman–Crippen LogP) is 1.50. The van der Waals surface area contributed by atoms with E-state index in [0.717, 1.165) is 43.9 Å². The van der Waals surface area contributed by atoms with E-state index < -0.39 is 12.0 Å². The maximum Gasteiger partial charge on any atom is 0.338 e. The van der Waals surface area contributed by atoms with Gasteiger partial charge in [-0.05, 0) is 51.2 Å². The van der Waals surface area contributed by atoms with E-state index in [0.29, 0.717) is 24.4 Å². The Bertz CT molecular complexity index is 762. The highest BCUT2D eigenvalue weighted by Crippen LogP contribution is 2.29. The minimum absolute atomic E-state index is 0.321. The number of carbonyl (C=O) groups excluding carboxylic acids is 2. The van der Waals surface area contributed by atoms with Gasteiger partial charge in [0.05, 0.1) is 25.3 Å². The van der Waals surface area contributed by atoms with Gasteiger partial charge in [-0.3, -0.25) is 4.90 Å². The average molecular weight is 402 g/mol. The summed E-state index contributed by atoms with van der Waals surface area (Å²) >= 11 is 0. The van der Waals surface area contributed by atoms with Crippen molar-refractivity contribution in [1.29, 1.82) is 0 Å². The summed E-state index contributed by atoms with van der Waals surface area (Å²) in [6.45, 7) is 6.79. The third kappa shape index (κ3) is 5.27. The molecule has 0 aliphatic carbocycles. The monoisotopic (exact) mass is 402 g/mol. The van der Waals surface area contributed by atoms with Gasteiger partial charge < -0.3 is 25.0 Å². The number of ether oxygens (including phenoxy) is 2. The zero-order valence-corrected chi connectivity index (χ0v) is 17.4. The Hall–Kier alpha value is -2.58. The van der Waals surface area contributed by atoms with Gasteiger partial charge in [0.1, 0.15) is 5.75 Å². The van der Waals surface area contributed by atoms with Crippen molar-refractivity contribution < 1.29 is 19.1 Å². The first-order valence-electron chi connectivity index (χ1n) is 10.0. The van der Waals surface area contributed by atoms with Crippen LogP contribution in [-0.2, 0) is 9.53 Å². The number of benzene rings is 1. The van der Waals surface area contributed by atoms with Crippen LogP contribution in [0.3, 0.4) is 0 Å². The summed E-state index contributed by atoms with van der Waals surface area (Å²) in [7, 11) is 3.47. The van der Waals surface area contributed by atoms with Gasteiger partial charge in [0, 0.05) is 25.3 Å². The maximum absolute atomic E-state index is 12.7. The number of hydrogen-bond acceptors (Lipinski definition) is 6. The number of nitrogens with zero attached hydrogens (tertiary/aromatic N) is 2. The van der Waals surface area contributed by atoms with E-state index in [1.807, 2.05) is 31.2 Å². The largest absolute Gasteiger partial charge is 0.494 e. The lowest BCUT2D eigenvalue weighted by molar-refractivity contribution is -0.136. The van der Waals surface area contributed by atoms with E-state index in [4.69, 9.17) is 9.47 Å². The predicted molar refractivity (Wildman–Crippen MR) is 110 cm³/mol.